The number of fused-ring (bicyclic) bond motifs is 1. The molecule has 0 aromatic carbocycles. The maximum absolute atomic E-state index is 13.0. The number of amides is 2. The lowest BCUT2D eigenvalue weighted by Crippen LogP contribution is -2.56. The van der Waals surface area contributed by atoms with Gasteiger partial charge in [0.05, 0.1) is 5.56 Å². The molecule has 28 heavy (non-hydrogen) atoms. The van der Waals surface area contributed by atoms with Gasteiger partial charge in [-0.15, -0.1) is 11.3 Å². The maximum atomic E-state index is 13.0. The zero-order chi connectivity index (χ0) is 20.1. The summed E-state index contributed by atoms with van der Waals surface area (Å²) in [5.74, 6) is 0.874. The van der Waals surface area contributed by atoms with Crippen LogP contribution in [-0.4, -0.2) is 71.8 Å². The standard InChI is InChI=1S/C20H29N3O2S.C2H6/c1-15(24)21-8-5-16(6-9-21)19-12-17(14-26-19)20(25)23-11-10-22-7-3-2-4-18(22)13-23;1-2/h12,14,16,18H,2-11,13H2,1H3;1-2H3. The van der Waals surface area contributed by atoms with E-state index in [0.717, 1.165) is 51.1 Å². The van der Waals surface area contributed by atoms with E-state index in [4.69, 9.17) is 0 Å². The van der Waals surface area contributed by atoms with E-state index in [-0.39, 0.29) is 11.8 Å². The van der Waals surface area contributed by atoms with Crippen LogP contribution in [0.1, 0.15) is 74.0 Å². The Labute approximate surface area is 173 Å². The summed E-state index contributed by atoms with van der Waals surface area (Å²) in [5.41, 5.74) is 0.864. The van der Waals surface area contributed by atoms with Gasteiger partial charge in [0.15, 0.2) is 0 Å². The average molecular weight is 406 g/mol. The third-order valence-electron chi connectivity index (χ3n) is 6.33. The number of carbonyl (C=O) groups is 2. The van der Waals surface area contributed by atoms with Crippen molar-refractivity contribution in [3.63, 3.8) is 0 Å². The summed E-state index contributed by atoms with van der Waals surface area (Å²) in [6, 6.07) is 2.68. The van der Waals surface area contributed by atoms with Gasteiger partial charge in [0.1, 0.15) is 0 Å². The van der Waals surface area contributed by atoms with Crippen LogP contribution in [0.5, 0.6) is 0 Å². The molecule has 0 spiro atoms. The molecule has 156 valence electrons. The van der Waals surface area contributed by atoms with Gasteiger partial charge in [-0.3, -0.25) is 14.5 Å². The van der Waals surface area contributed by atoms with Crippen molar-refractivity contribution in [2.24, 2.45) is 0 Å². The number of thiophene rings is 1. The van der Waals surface area contributed by atoms with E-state index in [9.17, 15) is 9.59 Å². The second kappa shape index (κ2) is 9.88. The van der Waals surface area contributed by atoms with Crippen molar-refractivity contribution in [2.45, 2.75) is 64.8 Å². The predicted molar refractivity (Wildman–Crippen MR) is 115 cm³/mol. The summed E-state index contributed by atoms with van der Waals surface area (Å²) in [4.78, 5) is 32.3. The highest BCUT2D eigenvalue weighted by atomic mass is 32.1. The lowest BCUT2D eigenvalue weighted by molar-refractivity contribution is -0.129. The van der Waals surface area contributed by atoms with Crippen LogP contribution in [0.25, 0.3) is 0 Å². The van der Waals surface area contributed by atoms with Gasteiger partial charge in [0.2, 0.25) is 5.91 Å². The lowest BCUT2D eigenvalue weighted by atomic mass is 9.94. The topological polar surface area (TPSA) is 43.9 Å². The van der Waals surface area contributed by atoms with Gasteiger partial charge in [-0.2, -0.15) is 0 Å². The number of rotatable bonds is 2. The summed E-state index contributed by atoms with van der Waals surface area (Å²) in [5, 5.41) is 2.04. The summed E-state index contributed by atoms with van der Waals surface area (Å²) in [6.45, 7) is 11.3. The molecular weight excluding hydrogens is 370 g/mol. The van der Waals surface area contributed by atoms with Crippen LogP contribution in [0, 0.1) is 0 Å². The molecule has 4 heterocycles. The molecule has 0 bridgehead atoms. The van der Waals surface area contributed by atoms with E-state index >= 15 is 0 Å². The molecule has 5 nitrogen and oxygen atoms in total. The van der Waals surface area contributed by atoms with Crippen LogP contribution in [0.15, 0.2) is 11.4 Å². The summed E-state index contributed by atoms with van der Waals surface area (Å²) in [7, 11) is 0. The Morgan fingerprint density at radius 3 is 2.43 bits per heavy atom. The first-order valence-corrected chi connectivity index (χ1v) is 11.9. The fraction of sp³-hybridized carbons (Fsp3) is 0.727. The number of piperazine rings is 1. The number of likely N-dealkylation sites (tertiary alicyclic amines) is 1. The van der Waals surface area contributed by atoms with E-state index in [1.54, 1.807) is 18.3 Å². The van der Waals surface area contributed by atoms with Crippen molar-refractivity contribution in [1.82, 2.24) is 14.7 Å². The van der Waals surface area contributed by atoms with Gasteiger partial charge in [0.25, 0.3) is 5.91 Å². The molecular formula is C22H35N3O2S. The van der Waals surface area contributed by atoms with Crippen LogP contribution in [0.4, 0.5) is 0 Å². The molecule has 0 radical (unpaired) electrons. The van der Waals surface area contributed by atoms with Gasteiger partial charge in [-0.05, 0) is 44.2 Å². The molecule has 6 heteroatoms. The Morgan fingerprint density at radius 2 is 1.71 bits per heavy atom. The maximum Gasteiger partial charge on any atom is 0.254 e. The number of hydrogen-bond donors (Lipinski definition) is 0. The summed E-state index contributed by atoms with van der Waals surface area (Å²) in [6.07, 6.45) is 5.85. The quantitative estimate of drug-likeness (QED) is 0.751. The van der Waals surface area contributed by atoms with Gasteiger partial charge >= 0.3 is 0 Å². The molecule has 1 aromatic heterocycles. The average Bonchev–Trinajstić information content (AvgIpc) is 3.24. The summed E-state index contributed by atoms with van der Waals surface area (Å²) < 4.78 is 0. The zero-order valence-electron chi connectivity index (χ0n) is 17.7. The summed E-state index contributed by atoms with van der Waals surface area (Å²) >= 11 is 1.72. The highest BCUT2D eigenvalue weighted by Gasteiger charge is 2.32. The van der Waals surface area contributed by atoms with Gasteiger partial charge < -0.3 is 9.80 Å². The SMILES string of the molecule is CC.CC(=O)N1CCC(c2cc(C(=O)N3CCN4CCCCC4C3)cs2)CC1. The molecule has 3 fully saturated rings. The van der Waals surface area contributed by atoms with Crippen molar-refractivity contribution >= 4 is 23.2 Å². The number of piperidine rings is 2. The third-order valence-corrected chi connectivity index (χ3v) is 7.43. The van der Waals surface area contributed by atoms with Gasteiger partial charge in [0, 0.05) is 55.9 Å². The van der Waals surface area contributed by atoms with Crippen molar-refractivity contribution in [2.75, 3.05) is 39.3 Å². The predicted octanol–water partition coefficient (Wildman–Crippen LogP) is 3.81. The molecule has 0 N–H and O–H groups in total. The minimum Gasteiger partial charge on any atom is -0.343 e. The van der Waals surface area contributed by atoms with E-state index in [1.807, 2.05) is 24.1 Å². The Hall–Kier alpha value is -1.40. The van der Waals surface area contributed by atoms with E-state index in [2.05, 4.69) is 15.9 Å². The van der Waals surface area contributed by atoms with Crippen LogP contribution in [0.3, 0.4) is 0 Å². The normalized spacial score (nSPS) is 23.6. The first kappa shape index (κ1) is 21.3. The van der Waals surface area contributed by atoms with E-state index < -0.39 is 0 Å². The Bertz CT molecular complexity index is 666. The fourth-order valence-corrected chi connectivity index (χ4v) is 5.74. The molecule has 1 aromatic rings. The largest absolute Gasteiger partial charge is 0.343 e. The minimum absolute atomic E-state index is 0.173. The van der Waals surface area contributed by atoms with Gasteiger partial charge in [-0.1, -0.05) is 20.3 Å². The number of nitrogens with zero attached hydrogens (tertiary/aromatic N) is 3. The molecule has 1 atom stereocenters. The number of hydrogen-bond acceptors (Lipinski definition) is 4. The van der Waals surface area contributed by atoms with E-state index in [1.165, 1.54) is 30.7 Å². The van der Waals surface area contributed by atoms with Crippen molar-refractivity contribution in [1.29, 1.82) is 0 Å². The highest BCUT2D eigenvalue weighted by Crippen LogP contribution is 2.33. The monoisotopic (exact) mass is 405 g/mol. The smallest absolute Gasteiger partial charge is 0.254 e. The molecule has 3 aliphatic heterocycles. The second-order valence-electron chi connectivity index (χ2n) is 7.95. The first-order valence-electron chi connectivity index (χ1n) is 11.0. The minimum atomic E-state index is 0.173. The molecule has 0 saturated carbocycles. The van der Waals surface area contributed by atoms with Gasteiger partial charge in [-0.25, -0.2) is 0 Å². The molecule has 3 aliphatic rings. The second-order valence-corrected chi connectivity index (χ2v) is 8.90. The third kappa shape index (κ3) is 4.77. The van der Waals surface area contributed by atoms with Crippen LogP contribution >= 0.6 is 11.3 Å². The Kier molecular flexibility index (Phi) is 7.52. The van der Waals surface area contributed by atoms with Crippen molar-refractivity contribution < 1.29 is 9.59 Å². The number of carbonyl (C=O) groups excluding carboxylic acids is 2. The molecule has 1 unspecified atom stereocenters. The van der Waals surface area contributed by atoms with Crippen molar-refractivity contribution in [3.05, 3.63) is 21.9 Å². The Morgan fingerprint density at radius 1 is 0.964 bits per heavy atom. The molecule has 4 rings (SSSR count). The Balaban J connectivity index is 0.00000109. The van der Waals surface area contributed by atoms with Crippen molar-refractivity contribution in [3.8, 4) is 0 Å². The molecule has 0 aliphatic carbocycles. The van der Waals surface area contributed by atoms with E-state index in [0.29, 0.717) is 12.0 Å². The lowest BCUT2D eigenvalue weighted by Gasteiger charge is -2.44. The van der Waals surface area contributed by atoms with Crippen LogP contribution in [0.2, 0.25) is 0 Å². The first-order chi connectivity index (χ1) is 13.6. The van der Waals surface area contributed by atoms with Crippen LogP contribution in [-0.2, 0) is 4.79 Å². The molecule has 2 amide bonds. The van der Waals surface area contributed by atoms with Crippen LogP contribution < -0.4 is 0 Å². The zero-order valence-corrected chi connectivity index (χ0v) is 18.5. The highest BCUT2D eigenvalue weighted by molar-refractivity contribution is 7.10. The molecule has 3 saturated heterocycles. The fourth-order valence-electron chi connectivity index (χ4n) is 4.68.